The molecule has 0 spiro atoms. The maximum absolute atomic E-state index is 16.7. The van der Waals surface area contributed by atoms with Crippen molar-refractivity contribution in [2.45, 2.75) is 56.0 Å². The van der Waals surface area contributed by atoms with Crippen molar-refractivity contribution in [1.29, 1.82) is 10.5 Å². The molecule has 0 radical (unpaired) electrons. The standard InChI is InChI=1S/C31H28ClF5N8O2/c32-21-8-18(40)7-20(23(21)31(35,36)37)25-24(34)26-22-27(43-29(42-26)47-14-30-3-1-5-44(30)12-17(33)9-30)45(11-16-6-15(16)10-39)19(2-4-38)13-46-28(22)41-25/h7-8,15-17,19H,1-3,5-6,9,11-14,40H2/t15?,16?,17-,19?,30+/m1/s1. The fourth-order valence-corrected chi connectivity index (χ4v) is 7.55. The van der Waals surface area contributed by atoms with Gasteiger partial charge in [-0.25, -0.2) is 13.8 Å². The number of halogens is 6. The predicted octanol–water partition coefficient (Wildman–Crippen LogP) is 5.68. The molecule has 5 atom stereocenters. The summed E-state index contributed by atoms with van der Waals surface area (Å²) < 4.78 is 86.1. The Morgan fingerprint density at radius 3 is 2.74 bits per heavy atom. The van der Waals surface area contributed by atoms with Crippen molar-refractivity contribution in [1.82, 2.24) is 19.9 Å². The number of nitriles is 2. The summed E-state index contributed by atoms with van der Waals surface area (Å²) in [6, 6.07) is 5.27. The smallest absolute Gasteiger partial charge is 0.418 e. The topological polar surface area (TPSA) is 137 Å². The second-order valence-electron chi connectivity index (χ2n) is 12.6. The van der Waals surface area contributed by atoms with Crippen LogP contribution in [0.25, 0.3) is 22.2 Å². The van der Waals surface area contributed by atoms with Gasteiger partial charge < -0.3 is 20.1 Å². The van der Waals surface area contributed by atoms with E-state index in [1.54, 1.807) is 4.90 Å². The van der Waals surface area contributed by atoms with Gasteiger partial charge in [0, 0.05) is 30.8 Å². The Bertz CT molecular complexity index is 1850. The van der Waals surface area contributed by atoms with E-state index in [4.69, 9.17) is 26.8 Å². The van der Waals surface area contributed by atoms with Crippen LogP contribution < -0.4 is 20.1 Å². The molecule has 3 fully saturated rings. The number of anilines is 2. The van der Waals surface area contributed by atoms with E-state index in [9.17, 15) is 28.1 Å². The number of aromatic nitrogens is 3. The predicted molar refractivity (Wildman–Crippen MR) is 160 cm³/mol. The third-order valence-electron chi connectivity index (χ3n) is 9.57. The second-order valence-corrected chi connectivity index (χ2v) is 13.0. The van der Waals surface area contributed by atoms with E-state index < -0.39 is 57.1 Å². The van der Waals surface area contributed by atoms with Crippen molar-refractivity contribution in [3.05, 3.63) is 28.5 Å². The molecular weight excluding hydrogens is 647 g/mol. The van der Waals surface area contributed by atoms with Crippen LogP contribution in [0.2, 0.25) is 5.02 Å². The number of alkyl halides is 4. The van der Waals surface area contributed by atoms with Crippen molar-refractivity contribution in [3.63, 3.8) is 0 Å². The number of rotatable bonds is 7. The molecule has 16 heteroatoms. The molecule has 0 bridgehead atoms. The first-order valence-corrected chi connectivity index (χ1v) is 15.6. The highest BCUT2D eigenvalue weighted by Gasteiger charge is 2.50. The summed E-state index contributed by atoms with van der Waals surface area (Å²) in [5.74, 6) is -1.65. The summed E-state index contributed by atoms with van der Waals surface area (Å²) in [4.78, 5) is 17.0. The Morgan fingerprint density at radius 2 is 2.02 bits per heavy atom. The number of hydrogen-bond acceptors (Lipinski definition) is 10. The number of nitrogens with zero attached hydrogens (tertiary/aromatic N) is 7. The summed E-state index contributed by atoms with van der Waals surface area (Å²) in [6.45, 7) is 1.11. The Hall–Kier alpha value is -4.21. The van der Waals surface area contributed by atoms with Crippen LogP contribution in [0.5, 0.6) is 11.9 Å². The Kier molecular flexibility index (Phi) is 7.67. The van der Waals surface area contributed by atoms with Crippen molar-refractivity contribution >= 4 is 34.0 Å². The Labute approximate surface area is 270 Å². The molecule has 0 amide bonds. The Morgan fingerprint density at radius 1 is 1.21 bits per heavy atom. The number of hydrogen-bond donors (Lipinski definition) is 1. The lowest BCUT2D eigenvalue weighted by Gasteiger charge is -2.32. The van der Waals surface area contributed by atoms with Crippen LogP contribution in [-0.4, -0.2) is 70.5 Å². The van der Waals surface area contributed by atoms with Crippen molar-refractivity contribution in [2.24, 2.45) is 11.8 Å². The lowest BCUT2D eigenvalue weighted by atomic mass is 9.95. The molecule has 47 heavy (non-hydrogen) atoms. The molecule has 1 aromatic carbocycles. The molecule has 1 aliphatic carbocycles. The summed E-state index contributed by atoms with van der Waals surface area (Å²) in [5, 5.41) is 18.4. The van der Waals surface area contributed by atoms with Gasteiger partial charge in [-0.1, -0.05) is 11.6 Å². The van der Waals surface area contributed by atoms with E-state index in [0.717, 1.165) is 18.6 Å². The third-order valence-corrected chi connectivity index (χ3v) is 9.86. The number of benzene rings is 1. The van der Waals surface area contributed by atoms with Gasteiger partial charge in [-0.15, -0.1) is 0 Å². The van der Waals surface area contributed by atoms with Crippen LogP contribution in [-0.2, 0) is 6.18 Å². The van der Waals surface area contributed by atoms with Gasteiger partial charge in [0.1, 0.15) is 41.8 Å². The highest BCUT2D eigenvalue weighted by atomic mass is 35.5. The van der Waals surface area contributed by atoms with Crippen molar-refractivity contribution < 1.29 is 31.4 Å². The molecule has 246 valence electrons. The maximum Gasteiger partial charge on any atom is 0.418 e. The largest absolute Gasteiger partial charge is 0.475 e. The van der Waals surface area contributed by atoms with Gasteiger partial charge in [0.05, 0.1) is 46.6 Å². The van der Waals surface area contributed by atoms with E-state index in [2.05, 4.69) is 27.1 Å². The number of nitrogens with two attached hydrogens (primary N) is 1. The molecule has 2 aromatic heterocycles. The molecule has 5 heterocycles. The highest BCUT2D eigenvalue weighted by molar-refractivity contribution is 6.32. The van der Waals surface area contributed by atoms with E-state index in [-0.39, 0.29) is 79.8 Å². The van der Waals surface area contributed by atoms with Gasteiger partial charge in [-0.3, -0.25) is 4.90 Å². The van der Waals surface area contributed by atoms with E-state index in [1.807, 2.05) is 4.90 Å². The number of nitrogen functional groups attached to an aromatic ring is 1. The van der Waals surface area contributed by atoms with Gasteiger partial charge >= 0.3 is 12.2 Å². The molecule has 1 saturated carbocycles. The molecule has 3 aliphatic heterocycles. The molecule has 10 nitrogen and oxygen atoms in total. The van der Waals surface area contributed by atoms with Crippen LogP contribution in [0.1, 0.15) is 37.7 Å². The molecular formula is C31H28ClF5N8O2. The summed E-state index contributed by atoms with van der Waals surface area (Å²) in [6.07, 6.45) is -3.69. The average molecular weight is 675 g/mol. The normalized spacial score (nSPS) is 26.8. The zero-order chi connectivity index (χ0) is 33.2. The zero-order valence-corrected chi connectivity index (χ0v) is 25.6. The quantitative estimate of drug-likeness (QED) is 0.246. The van der Waals surface area contributed by atoms with Gasteiger partial charge in [0.2, 0.25) is 5.88 Å². The van der Waals surface area contributed by atoms with Gasteiger partial charge in [0.15, 0.2) is 5.82 Å². The first-order chi connectivity index (χ1) is 22.4. The van der Waals surface area contributed by atoms with Crippen LogP contribution in [0, 0.1) is 40.3 Å². The maximum atomic E-state index is 16.7. The van der Waals surface area contributed by atoms with Crippen LogP contribution in [0.4, 0.5) is 33.5 Å². The first kappa shape index (κ1) is 31.4. The minimum Gasteiger partial charge on any atom is -0.475 e. The lowest BCUT2D eigenvalue weighted by Crippen LogP contribution is -2.43. The number of fused-ring (bicyclic) bond motifs is 1. The summed E-state index contributed by atoms with van der Waals surface area (Å²) >= 11 is 5.99. The van der Waals surface area contributed by atoms with E-state index in [0.29, 0.717) is 19.4 Å². The lowest BCUT2D eigenvalue weighted by molar-refractivity contribution is -0.137. The Balaban J connectivity index is 1.42. The monoisotopic (exact) mass is 674 g/mol. The van der Waals surface area contributed by atoms with Crippen molar-refractivity contribution in [2.75, 3.05) is 43.5 Å². The van der Waals surface area contributed by atoms with E-state index in [1.165, 1.54) is 0 Å². The first-order valence-electron chi connectivity index (χ1n) is 15.2. The number of ether oxygens (including phenoxy) is 2. The molecule has 2 N–H and O–H groups in total. The minimum atomic E-state index is -5.00. The van der Waals surface area contributed by atoms with Crippen LogP contribution in [0.15, 0.2) is 12.1 Å². The van der Waals surface area contributed by atoms with E-state index >= 15 is 4.39 Å². The molecule has 7 rings (SSSR count). The summed E-state index contributed by atoms with van der Waals surface area (Å²) in [5.41, 5.74) is 1.87. The van der Waals surface area contributed by atoms with Crippen LogP contribution >= 0.6 is 11.6 Å². The SMILES string of the molecule is N#CCC1COc2nc(-c3cc(N)cc(Cl)c3C(F)(F)F)c(F)c3nc(OC[C@@]45CCCN4C[C@H](F)C5)nc(c23)N1CC1CC1C#N. The average Bonchev–Trinajstić information content (AvgIpc) is 3.59. The van der Waals surface area contributed by atoms with Crippen LogP contribution in [0.3, 0.4) is 0 Å². The van der Waals surface area contributed by atoms with Gasteiger partial charge in [-0.2, -0.15) is 33.7 Å². The third kappa shape index (κ3) is 5.49. The highest BCUT2D eigenvalue weighted by Crippen LogP contribution is 2.48. The van der Waals surface area contributed by atoms with Gasteiger partial charge in [0.25, 0.3) is 0 Å². The second kappa shape index (κ2) is 11.5. The van der Waals surface area contributed by atoms with Crippen molar-refractivity contribution in [3.8, 4) is 35.3 Å². The zero-order valence-electron chi connectivity index (χ0n) is 24.8. The fraction of sp³-hybridized carbons (Fsp3) is 0.516. The molecule has 3 unspecified atom stereocenters. The molecule has 4 aliphatic rings. The molecule has 3 aromatic rings. The molecule has 2 saturated heterocycles. The van der Waals surface area contributed by atoms with Gasteiger partial charge in [-0.05, 0) is 43.9 Å². The fourth-order valence-electron chi connectivity index (χ4n) is 7.22. The minimum absolute atomic E-state index is 0.00505. The number of pyridine rings is 1. The summed E-state index contributed by atoms with van der Waals surface area (Å²) in [7, 11) is 0.